The molecule has 0 bridgehead atoms. The minimum Gasteiger partial charge on any atom is -0.232 e. The SMILES string of the molecule is NS(=O)(=O)c1ccc(-n2nc(Cl)cc2-c2ccccc2)cc1. The summed E-state index contributed by atoms with van der Waals surface area (Å²) in [5.74, 6) is 0. The maximum absolute atomic E-state index is 11.3. The van der Waals surface area contributed by atoms with Gasteiger partial charge in [0.2, 0.25) is 10.0 Å². The number of aromatic nitrogens is 2. The van der Waals surface area contributed by atoms with Gasteiger partial charge in [0.15, 0.2) is 5.15 Å². The third kappa shape index (κ3) is 2.89. The molecule has 0 saturated carbocycles. The lowest BCUT2D eigenvalue weighted by Crippen LogP contribution is -2.12. The summed E-state index contributed by atoms with van der Waals surface area (Å²) in [6.45, 7) is 0. The van der Waals surface area contributed by atoms with E-state index in [0.717, 1.165) is 11.3 Å². The van der Waals surface area contributed by atoms with Crippen molar-refractivity contribution in [2.24, 2.45) is 5.14 Å². The molecule has 2 N–H and O–H groups in total. The van der Waals surface area contributed by atoms with Gasteiger partial charge in [-0.05, 0) is 24.3 Å². The second kappa shape index (κ2) is 5.57. The Morgan fingerprint density at radius 2 is 1.64 bits per heavy atom. The Morgan fingerprint density at radius 3 is 2.23 bits per heavy atom. The molecule has 5 nitrogen and oxygen atoms in total. The van der Waals surface area contributed by atoms with Crippen LogP contribution in [-0.4, -0.2) is 18.2 Å². The summed E-state index contributed by atoms with van der Waals surface area (Å²) in [4.78, 5) is 0.0516. The number of hydrogen-bond donors (Lipinski definition) is 1. The monoisotopic (exact) mass is 333 g/mol. The van der Waals surface area contributed by atoms with E-state index in [1.807, 2.05) is 30.3 Å². The average molecular weight is 334 g/mol. The third-order valence-corrected chi connectivity index (χ3v) is 4.27. The molecular weight excluding hydrogens is 322 g/mol. The van der Waals surface area contributed by atoms with Crippen molar-refractivity contribution in [3.63, 3.8) is 0 Å². The van der Waals surface area contributed by atoms with Gasteiger partial charge in [-0.2, -0.15) is 5.10 Å². The zero-order chi connectivity index (χ0) is 15.7. The quantitative estimate of drug-likeness (QED) is 0.800. The molecule has 2 aromatic carbocycles. The highest BCUT2D eigenvalue weighted by atomic mass is 35.5. The van der Waals surface area contributed by atoms with E-state index in [1.165, 1.54) is 12.1 Å². The van der Waals surface area contributed by atoms with Crippen LogP contribution in [-0.2, 0) is 10.0 Å². The van der Waals surface area contributed by atoms with Gasteiger partial charge in [-0.1, -0.05) is 41.9 Å². The standard InChI is InChI=1S/C15H12ClN3O2S/c16-15-10-14(11-4-2-1-3-5-11)19(18-15)12-6-8-13(9-7-12)22(17,20)21/h1-10H,(H2,17,20,21). The van der Waals surface area contributed by atoms with E-state index in [4.69, 9.17) is 16.7 Å². The molecule has 22 heavy (non-hydrogen) atoms. The van der Waals surface area contributed by atoms with E-state index >= 15 is 0 Å². The van der Waals surface area contributed by atoms with Crippen LogP contribution in [0.3, 0.4) is 0 Å². The summed E-state index contributed by atoms with van der Waals surface area (Å²) >= 11 is 6.02. The Kier molecular flexibility index (Phi) is 3.74. The van der Waals surface area contributed by atoms with Gasteiger partial charge in [-0.25, -0.2) is 18.2 Å². The molecule has 3 aromatic rings. The third-order valence-electron chi connectivity index (χ3n) is 3.16. The summed E-state index contributed by atoms with van der Waals surface area (Å²) in [5.41, 5.74) is 2.46. The van der Waals surface area contributed by atoms with Crippen LogP contribution in [0.2, 0.25) is 5.15 Å². The fraction of sp³-hybridized carbons (Fsp3) is 0. The van der Waals surface area contributed by atoms with E-state index in [1.54, 1.807) is 22.9 Å². The molecule has 7 heteroatoms. The maximum Gasteiger partial charge on any atom is 0.238 e. The molecule has 1 aromatic heterocycles. The highest BCUT2D eigenvalue weighted by Crippen LogP contribution is 2.26. The summed E-state index contributed by atoms with van der Waals surface area (Å²) in [5, 5.41) is 9.71. The zero-order valence-corrected chi connectivity index (χ0v) is 12.9. The molecule has 0 aliphatic rings. The molecule has 1 heterocycles. The molecule has 0 spiro atoms. The topological polar surface area (TPSA) is 78.0 Å². The Labute approximate surface area is 133 Å². The molecule has 3 rings (SSSR count). The first kappa shape index (κ1) is 14.8. The first-order chi connectivity index (χ1) is 10.4. The largest absolute Gasteiger partial charge is 0.238 e. The van der Waals surface area contributed by atoms with E-state index in [2.05, 4.69) is 5.10 Å². The van der Waals surface area contributed by atoms with Crippen LogP contribution in [0.5, 0.6) is 0 Å². The van der Waals surface area contributed by atoms with Gasteiger partial charge < -0.3 is 0 Å². The van der Waals surface area contributed by atoms with E-state index < -0.39 is 10.0 Å². The molecule has 0 aliphatic carbocycles. The fourth-order valence-corrected chi connectivity index (χ4v) is 2.83. The smallest absolute Gasteiger partial charge is 0.232 e. The van der Waals surface area contributed by atoms with Crippen LogP contribution in [0.4, 0.5) is 0 Å². The van der Waals surface area contributed by atoms with Gasteiger partial charge in [0.25, 0.3) is 0 Å². The van der Waals surface area contributed by atoms with Gasteiger partial charge in [0.05, 0.1) is 16.3 Å². The molecule has 0 aliphatic heterocycles. The number of nitrogens with two attached hydrogens (primary N) is 1. The van der Waals surface area contributed by atoms with Crippen LogP contribution in [0.25, 0.3) is 16.9 Å². The number of primary sulfonamides is 1. The van der Waals surface area contributed by atoms with Crippen LogP contribution in [0.1, 0.15) is 0 Å². The van der Waals surface area contributed by atoms with Gasteiger partial charge >= 0.3 is 0 Å². The molecule has 0 fully saturated rings. The van der Waals surface area contributed by atoms with E-state index in [0.29, 0.717) is 10.8 Å². The lowest BCUT2D eigenvalue weighted by molar-refractivity contribution is 0.598. The maximum atomic E-state index is 11.3. The van der Waals surface area contributed by atoms with Crippen molar-refractivity contribution in [1.82, 2.24) is 9.78 Å². The van der Waals surface area contributed by atoms with Gasteiger partial charge in [-0.15, -0.1) is 0 Å². The summed E-state index contributed by atoms with van der Waals surface area (Å²) < 4.78 is 24.3. The predicted molar refractivity (Wildman–Crippen MR) is 85.4 cm³/mol. The average Bonchev–Trinajstić information content (AvgIpc) is 2.89. The van der Waals surface area contributed by atoms with E-state index in [-0.39, 0.29) is 4.90 Å². The van der Waals surface area contributed by atoms with Crippen molar-refractivity contribution in [2.75, 3.05) is 0 Å². The minimum absolute atomic E-state index is 0.0516. The minimum atomic E-state index is -3.71. The van der Waals surface area contributed by atoms with Crippen molar-refractivity contribution < 1.29 is 8.42 Å². The number of rotatable bonds is 3. The highest BCUT2D eigenvalue weighted by molar-refractivity contribution is 7.89. The van der Waals surface area contributed by atoms with Gasteiger partial charge in [0, 0.05) is 11.6 Å². The number of sulfonamides is 1. The van der Waals surface area contributed by atoms with Crippen LogP contribution in [0, 0.1) is 0 Å². The predicted octanol–water partition coefficient (Wildman–Crippen LogP) is 2.84. The van der Waals surface area contributed by atoms with Crippen LogP contribution in [0.15, 0.2) is 65.6 Å². The number of benzene rings is 2. The summed E-state index contributed by atoms with van der Waals surface area (Å²) in [7, 11) is -3.71. The Hall–Kier alpha value is -2.15. The number of hydrogen-bond acceptors (Lipinski definition) is 3. The lowest BCUT2D eigenvalue weighted by atomic mass is 10.1. The van der Waals surface area contributed by atoms with E-state index in [9.17, 15) is 8.42 Å². The van der Waals surface area contributed by atoms with Crippen LogP contribution >= 0.6 is 11.6 Å². The Balaban J connectivity index is 2.10. The first-order valence-electron chi connectivity index (χ1n) is 6.39. The fourth-order valence-electron chi connectivity index (χ4n) is 2.14. The summed E-state index contributed by atoms with van der Waals surface area (Å²) in [6.07, 6.45) is 0. The van der Waals surface area contributed by atoms with Crippen molar-refractivity contribution in [2.45, 2.75) is 4.90 Å². The van der Waals surface area contributed by atoms with Crippen molar-refractivity contribution in [3.8, 4) is 16.9 Å². The second-order valence-electron chi connectivity index (χ2n) is 4.67. The molecule has 0 amide bonds. The molecule has 0 saturated heterocycles. The number of halogens is 1. The lowest BCUT2D eigenvalue weighted by Gasteiger charge is -2.08. The molecule has 0 unspecified atom stereocenters. The van der Waals surface area contributed by atoms with Crippen molar-refractivity contribution in [1.29, 1.82) is 0 Å². The first-order valence-corrected chi connectivity index (χ1v) is 8.32. The Morgan fingerprint density at radius 1 is 1.00 bits per heavy atom. The zero-order valence-electron chi connectivity index (χ0n) is 11.3. The second-order valence-corrected chi connectivity index (χ2v) is 6.62. The van der Waals surface area contributed by atoms with Gasteiger partial charge in [-0.3, -0.25) is 0 Å². The molecule has 112 valence electrons. The van der Waals surface area contributed by atoms with Crippen molar-refractivity contribution >= 4 is 21.6 Å². The summed E-state index contributed by atoms with van der Waals surface area (Å²) in [6, 6.07) is 17.6. The highest BCUT2D eigenvalue weighted by Gasteiger charge is 2.12. The Bertz CT molecular complexity index is 904. The van der Waals surface area contributed by atoms with Crippen molar-refractivity contribution in [3.05, 3.63) is 65.8 Å². The molecule has 0 atom stereocenters. The molecular formula is C15H12ClN3O2S. The number of nitrogens with zero attached hydrogens (tertiary/aromatic N) is 2. The normalized spacial score (nSPS) is 11.5. The van der Waals surface area contributed by atoms with Gasteiger partial charge in [0.1, 0.15) is 0 Å². The van der Waals surface area contributed by atoms with Crippen LogP contribution < -0.4 is 5.14 Å². The molecule has 0 radical (unpaired) electrons.